The number of amides is 1. The molecule has 0 aliphatic heterocycles. The van der Waals surface area contributed by atoms with Gasteiger partial charge in [0.1, 0.15) is 0 Å². The maximum Gasteiger partial charge on any atom is 0.404 e. The summed E-state index contributed by atoms with van der Waals surface area (Å²) in [6, 6.07) is 3.65. The molecule has 0 atom stereocenters. The fourth-order valence-corrected chi connectivity index (χ4v) is 2.89. The molecule has 2 rings (SSSR count). The minimum absolute atomic E-state index is 0.305. The number of fused-ring (bicyclic) bond motifs is 1. The van der Waals surface area contributed by atoms with Gasteiger partial charge in [0.15, 0.2) is 0 Å². The van der Waals surface area contributed by atoms with E-state index in [2.05, 4.69) is 21.2 Å². The third-order valence-corrected chi connectivity index (χ3v) is 3.95. The van der Waals surface area contributed by atoms with Crippen molar-refractivity contribution in [1.29, 1.82) is 0 Å². The first-order chi connectivity index (χ1) is 8.50. The van der Waals surface area contributed by atoms with Crippen LogP contribution >= 0.6 is 39.1 Å². The highest BCUT2D eigenvalue weighted by Crippen LogP contribution is 2.36. The predicted octanol–water partition coefficient (Wildman–Crippen LogP) is 3.98. The van der Waals surface area contributed by atoms with Gasteiger partial charge in [-0.15, -0.1) is 0 Å². The van der Waals surface area contributed by atoms with Crippen LogP contribution in [0.25, 0.3) is 10.9 Å². The fraction of sp³-hybridized carbons (Fsp3) is 0.182. The van der Waals surface area contributed by atoms with E-state index in [1.807, 2.05) is 16.8 Å². The number of carboxylic acid groups (broad SMARTS) is 1. The molecule has 0 spiro atoms. The Morgan fingerprint density at radius 1 is 1.50 bits per heavy atom. The van der Waals surface area contributed by atoms with E-state index in [1.165, 1.54) is 0 Å². The van der Waals surface area contributed by atoms with Crippen LogP contribution in [-0.2, 0) is 6.54 Å². The van der Waals surface area contributed by atoms with Crippen molar-refractivity contribution in [2.75, 3.05) is 6.54 Å². The molecule has 7 heteroatoms. The normalized spacial score (nSPS) is 10.8. The molecule has 18 heavy (non-hydrogen) atoms. The van der Waals surface area contributed by atoms with Gasteiger partial charge in [-0.1, -0.05) is 39.1 Å². The quantitative estimate of drug-likeness (QED) is 0.822. The van der Waals surface area contributed by atoms with E-state index in [1.54, 1.807) is 6.07 Å². The Labute approximate surface area is 122 Å². The molecule has 2 aromatic rings. The summed E-state index contributed by atoms with van der Waals surface area (Å²) in [6.07, 6.45) is 0.804. The van der Waals surface area contributed by atoms with Crippen LogP contribution < -0.4 is 5.32 Å². The summed E-state index contributed by atoms with van der Waals surface area (Å²) >= 11 is 15.6. The van der Waals surface area contributed by atoms with E-state index in [-0.39, 0.29) is 0 Å². The van der Waals surface area contributed by atoms with Gasteiger partial charge >= 0.3 is 6.09 Å². The molecule has 0 aliphatic carbocycles. The van der Waals surface area contributed by atoms with Crippen LogP contribution in [-0.4, -0.2) is 22.3 Å². The largest absolute Gasteiger partial charge is 0.465 e. The molecule has 0 saturated carbocycles. The lowest BCUT2D eigenvalue weighted by atomic mass is 10.2. The third kappa shape index (κ3) is 2.58. The minimum Gasteiger partial charge on any atom is -0.465 e. The second kappa shape index (κ2) is 5.38. The number of hydrogen-bond donors (Lipinski definition) is 2. The lowest BCUT2D eigenvalue weighted by Crippen LogP contribution is -2.24. The molecule has 0 fully saturated rings. The zero-order valence-corrected chi connectivity index (χ0v) is 12.2. The Balaban J connectivity index is 2.37. The van der Waals surface area contributed by atoms with Gasteiger partial charge in [0.2, 0.25) is 0 Å². The van der Waals surface area contributed by atoms with Gasteiger partial charge in [0.05, 0.1) is 15.6 Å². The molecular formula is C11H9BrCl2N2O2. The number of hydrogen-bond acceptors (Lipinski definition) is 1. The maximum absolute atomic E-state index is 10.4. The molecule has 1 aromatic heterocycles. The number of nitrogens with zero attached hydrogens (tertiary/aromatic N) is 1. The van der Waals surface area contributed by atoms with Gasteiger partial charge in [0, 0.05) is 29.1 Å². The molecule has 0 unspecified atom stereocenters. The van der Waals surface area contributed by atoms with Crippen molar-refractivity contribution in [3.05, 3.63) is 32.8 Å². The van der Waals surface area contributed by atoms with E-state index >= 15 is 0 Å². The predicted molar refractivity (Wildman–Crippen MR) is 75.7 cm³/mol. The molecule has 0 bridgehead atoms. The maximum atomic E-state index is 10.4. The van der Waals surface area contributed by atoms with E-state index in [4.69, 9.17) is 28.3 Å². The van der Waals surface area contributed by atoms with Gasteiger partial charge < -0.3 is 15.0 Å². The molecular weight excluding hydrogens is 343 g/mol. The highest BCUT2D eigenvalue weighted by Gasteiger charge is 2.12. The molecule has 0 radical (unpaired) electrons. The summed E-state index contributed by atoms with van der Waals surface area (Å²) < 4.78 is 2.72. The monoisotopic (exact) mass is 350 g/mol. The molecule has 0 saturated heterocycles. The van der Waals surface area contributed by atoms with Gasteiger partial charge in [-0.05, 0) is 12.1 Å². The Morgan fingerprint density at radius 2 is 2.22 bits per heavy atom. The lowest BCUT2D eigenvalue weighted by molar-refractivity contribution is 0.194. The van der Waals surface area contributed by atoms with Crippen molar-refractivity contribution < 1.29 is 9.90 Å². The highest BCUT2D eigenvalue weighted by atomic mass is 79.9. The van der Waals surface area contributed by atoms with Gasteiger partial charge in [-0.2, -0.15) is 0 Å². The van der Waals surface area contributed by atoms with Gasteiger partial charge in [-0.25, -0.2) is 4.79 Å². The molecule has 1 aromatic carbocycles. The first-order valence-electron chi connectivity index (χ1n) is 5.10. The van der Waals surface area contributed by atoms with Crippen LogP contribution in [0.1, 0.15) is 0 Å². The van der Waals surface area contributed by atoms with Gasteiger partial charge in [-0.3, -0.25) is 0 Å². The second-order valence-electron chi connectivity index (χ2n) is 3.66. The first kappa shape index (κ1) is 13.5. The van der Waals surface area contributed by atoms with Crippen LogP contribution in [0.2, 0.25) is 10.0 Å². The van der Waals surface area contributed by atoms with Crippen molar-refractivity contribution in [3.8, 4) is 0 Å². The van der Waals surface area contributed by atoms with Crippen molar-refractivity contribution in [2.45, 2.75) is 6.54 Å². The Hall–Kier alpha value is -0.910. The zero-order valence-electron chi connectivity index (χ0n) is 9.08. The molecule has 1 heterocycles. The molecule has 2 N–H and O–H groups in total. The topological polar surface area (TPSA) is 54.3 Å². The standard InChI is InChI=1S/C11H9BrCl2N2O2/c12-7-5-8(13)9(14)10-6(7)1-3-16(10)4-2-15-11(17)18/h1,3,5,15H,2,4H2,(H,17,18). The van der Waals surface area contributed by atoms with Crippen LogP contribution in [0.5, 0.6) is 0 Å². The van der Waals surface area contributed by atoms with E-state index in [0.29, 0.717) is 23.1 Å². The SMILES string of the molecule is O=C(O)NCCn1ccc2c(Br)cc(Cl)c(Cl)c21. The summed E-state index contributed by atoms with van der Waals surface area (Å²) in [4.78, 5) is 10.4. The second-order valence-corrected chi connectivity index (χ2v) is 5.30. The molecule has 0 aliphatic rings. The number of halogens is 3. The van der Waals surface area contributed by atoms with Crippen LogP contribution in [0.3, 0.4) is 0 Å². The van der Waals surface area contributed by atoms with Crippen molar-refractivity contribution in [3.63, 3.8) is 0 Å². The highest BCUT2D eigenvalue weighted by molar-refractivity contribution is 9.10. The Kier molecular flexibility index (Phi) is 4.04. The summed E-state index contributed by atoms with van der Waals surface area (Å²) in [5.74, 6) is 0. The number of rotatable bonds is 3. The first-order valence-corrected chi connectivity index (χ1v) is 6.64. The van der Waals surface area contributed by atoms with E-state index in [0.717, 1.165) is 15.4 Å². The van der Waals surface area contributed by atoms with Crippen LogP contribution in [0, 0.1) is 0 Å². The lowest BCUT2D eigenvalue weighted by Gasteiger charge is -2.08. The average Bonchev–Trinajstić information content (AvgIpc) is 2.70. The minimum atomic E-state index is -1.04. The molecule has 4 nitrogen and oxygen atoms in total. The van der Waals surface area contributed by atoms with Crippen LogP contribution in [0.15, 0.2) is 22.8 Å². The molecule has 1 amide bonds. The van der Waals surface area contributed by atoms with Crippen LogP contribution in [0.4, 0.5) is 4.79 Å². The number of aromatic nitrogens is 1. The summed E-state index contributed by atoms with van der Waals surface area (Å²) in [5.41, 5.74) is 0.795. The third-order valence-electron chi connectivity index (χ3n) is 2.52. The van der Waals surface area contributed by atoms with Crippen molar-refractivity contribution in [2.24, 2.45) is 0 Å². The fourth-order valence-electron chi connectivity index (χ4n) is 1.74. The van der Waals surface area contributed by atoms with E-state index < -0.39 is 6.09 Å². The average molecular weight is 352 g/mol. The van der Waals surface area contributed by atoms with Crippen molar-refractivity contribution in [1.82, 2.24) is 9.88 Å². The van der Waals surface area contributed by atoms with Crippen molar-refractivity contribution >= 4 is 56.1 Å². The number of carbonyl (C=O) groups is 1. The summed E-state index contributed by atoms with van der Waals surface area (Å²) in [7, 11) is 0. The Bertz CT molecular complexity index is 613. The number of nitrogens with one attached hydrogen (secondary N) is 1. The summed E-state index contributed by atoms with van der Waals surface area (Å²) in [5, 5.41) is 12.7. The molecule has 96 valence electrons. The Morgan fingerprint density at radius 3 is 2.89 bits per heavy atom. The smallest absolute Gasteiger partial charge is 0.404 e. The number of benzene rings is 1. The zero-order chi connectivity index (χ0) is 13.3. The van der Waals surface area contributed by atoms with E-state index in [9.17, 15) is 4.79 Å². The summed E-state index contributed by atoms with van der Waals surface area (Å²) in [6.45, 7) is 0.794. The van der Waals surface area contributed by atoms with Gasteiger partial charge in [0.25, 0.3) is 0 Å².